The zero-order valence-corrected chi connectivity index (χ0v) is 30.3. The van der Waals surface area contributed by atoms with E-state index in [1.807, 2.05) is 0 Å². The molecule has 1 N–H and O–H groups in total. The van der Waals surface area contributed by atoms with Crippen molar-refractivity contribution < 1.29 is 40.7 Å². The van der Waals surface area contributed by atoms with Gasteiger partial charge in [-0.1, -0.05) is 48.9 Å². The van der Waals surface area contributed by atoms with Crippen LogP contribution in [0.25, 0.3) is 22.2 Å². The molecule has 8 nitrogen and oxygen atoms in total. The van der Waals surface area contributed by atoms with E-state index in [4.69, 9.17) is 9.72 Å². The molecule has 292 valence electrons. The smallest absolute Gasteiger partial charge is 0.378 e. The van der Waals surface area contributed by atoms with Crippen molar-refractivity contribution in [1.82, 2.24) is 25.0 Å². The molecule has 3 aliphatic heterocycles. The fourth-order valence-electron chi connectivity index (χ4n) is 8.03. The van der Waals surface area contributed by atoms with Gasteiger partial charge in [0, 0.05) is 47.8 Å². The summed E-state index contributed by atoms with van der Waals surface area (Å²) in [6.45, 7) is 4.64. The highest BCUT2D eigenvalue weighted by Gasteiger charge is 2.43. The number of nitrogens with zero attached hydrogens (tertiary/aromatic N) is 4. The molecule has 3 aliphatic rings. The Morgan fingerprint density at radius 3 is 2.20 bits per heavy atom. The molecule has 0 spiro atoms. The quantitative estimate of drug-likeness (QED) is 0.184. The lowest BCUT2D eigenvalue weighted by atomic mass is 9.92. The first-order valence-corrected chi connectivity index (χ1v) is 18.8. The molecule has 2 amide bonds. The topological polar surface area (TPSA) is 78.0 Å². The van der Waals surface area contributed by atoms with Crippen molar-refractivity contribution in [3.63, 3.8) is 0 Å². The molecule has 0 aliphatic carbocycles. The number of amides is 2. The average molecular weight is 768 g/mol. The number of rotatable bonds is 8. The Labute approximate surface area is 315 Å². The molecular weight excluding hydrogens is 724 g/mol. The molecule has 14 heteroatoms. The zero-order valence-electron chi connectivity index (χ0n) is 30.3. The second-order valence-corrected chi connectivity index (χ2v) is 14.5. The Morgan fingerprint density at radius 2 is 1.53 bits per heavy atom. The fourth-order valence-corrected chi connectivity index (χ4v) is 8.03. The van der Waals surface area contributed by atoms with Crippen LogP contribution in [0.4, 0.5) is 26.3 Å². The summed E-state index contributed by atoms with van der Waals surface area (Å²) in [4.78, 5) is 39.3. The van der Waals surface area contributed by atoms with Gasteiger partial charge in [0.2, 0.25) is 0 Å². The normalized spacial score (nSPS) is 18.7. The number of fused-ring (bicyclic) bond motifs is 1. The second kappa shape index (κ2) is 16.3. The van der Waals surface area contributed by atoms with Crippen LogP contribution in [-0.4, -0.2) is 96.2 Å². The van der Waals surface area contributed by atoms with E-state index in [-0.39, 0.29) is 56.9 Å². The number of nitrogens with one attached hydrogen (secondary N) is 1. The Morgan fingerprint density at radius 1 is 0.818 bits per heavy atom. The number of halogens is 6. The zero-order chi connectivity index (χ0) is 38.7. The van der Waals surface area contributed by atoms with Gasteiger partial charge < -0.3 is 19.9 Å². The molecule has 0 unspecified atom stereocenters. The largest absolute Gasteiger partial charge is 0.416 e. The lowest BCUT2D eigenvalue weighted by molar-refractivity contribution is -0.155. The van der Waals surface area contributed by atoms with E-state index in [1.54, 1.807) is 11.0 Å². The van der Waals surface area contributed by atoms with Crippen LogP contribution >= 0.6 is 0 Å². The highest BCUT2D eigenvalue weighted by atomic mass is 19.4. The summed E-state index contributed by atoms with van der Waals surface area (Å²) < 4.78 is 91.7. The summed E-state index contributed by atoms with van der Waals surface area (Å²) in [5.74, 6) is -1.43. The number of hydrogen-bond acceptors (Lipinski definition) is 6. The third-order valence-corrected chi connectivity index (χ3v) is 10.9. The monoisotopic (exact) mass is 767 g/mol. The van der Waals surface area contributed by atoms with E-state index in [0.29, 0.717) is 45.4 Å². The third kappa shape index (κ3) is 8.81. The first kappa shape index (κ1) is 38.7. The van der Waals surface area contributed by atoms with Crippen LogP contribution in [-0.2, 0) is 17.5 Å². The standard InChI is InChI=1S/C41H43F6N5O3/c42-40(43,44)30-11-7-10-28(24-30)36-33(26-50-18-14-31(15-19-50)51-16-5-2-6-17-51)35(38(53)49-37(41(45,46)47)27-8-3-1-4-9-27)32-25-29(12-13-34(32)48-36)39(54)52-20-22-55-23-21-52/h1,3-4,7-13,24-25,31,37H,2,5-6,14-23,26H2,(H,49,53)/t37-/m1/s1. The molecule has 4 heterocycles. The van der Waals surface area contributed by atoms with Crippen molar-refractivity contribution in [1.29, 1.82) is 0 Å². The van der Waals surface area contributed by atoms with Gasteiger partial charge in [0.25, 0.3) is 11.8 Å². The van der Waals surface area contributed by atoms with Gasteiger partial charge in [-0.3, -0.25) is 14.5 Å². The molecule has 7 rings (SSSR count). The van der Waals surface area contributed by atoms with Gasteiger partial charge >= 0.3 is 12.4 Å². The van der Waals surface area contributed by atoms with Gasteiger partial charge in [0.1, 0.15) is 0 Å². The molecule has 0 bridgehead atoms. The van der Waals surface area contributed by atoms with E-state index in [2.05, 4.69) is 15.1 Å². The number of hydrogen-bond donors (Lipinski definition) is 1. The number of alkyl halides is 6. The number of ether oxygens (including phenoxy) is 1. The van der Waals surface area contributed by atoms with E-state index < -0.39 is 29.9 Å². The summed E-state index contributed by atoms with van der Waals surface area (Å²) in [6, 6.07) is 14.0. The first-order valence-electron chi connectivity index (χ1n) is 18.8. The number of morpholine rings is 1. The number of carbonyl (C=O) groups is 2. The van der Waals surface area contributed by atoms with Crippen LogP contribution in [0.15, 0.2) is 72.8 Å². The highest BCUT2D eigenvalue weighted by Crippen LogP contribution is 2.38. The summed E-state index contributed by atoms with van der Waals surface area (Å²) in [5, 5.41) is 2.35. The number of carbonyl (C=O) groups excluding carboxylic acids is 2. The second-order valence-electron chi connectivity index (χ2n) is 14.5. The summed E-state index contributed by atoms with van der Waals surface area (Å²) >= 11 is 0. The van der Waals surface area contributed by atoms with Crippen LogP contribution in [0.5, 0.6) is 0 Å². The van der Waals surface area contributed by atoms with Gasteiger partial charge in [-0.15, -0.1) is 0 Å². The SMILES string of the molecule is O=C(N[C@H](c1ccccc1)C(F)(F)F)c1c(CN2CCC(N3CCCCC3)CC2)c(-c2cccc(C(F)(F)F)c2)nc2ccc(C(=O)N3CCOCC3)cc12. The predicted octanol–water partition coefficient (Wildman–Crippen LogP) is 7.88. The van der Waals surface area contributed by atoms with Crippen LogP contribution in [0.1, 0.15) is 75.6 Å². The minimum atomic E-state index is -4.89. The number of pyridine rings is 1. The van der Waals surface area contributed by atoms with Crippen molar-refractivity contribution in [3.8, 4) is 11.3 Å². The molecule has 55 heavy (non-hydrogen) atoms. The third-order valence-electron chi connectivity index (χ3n) is 10.9. The first-order chi connectivity index (χ1) is 26.4. The summed E-state index contributed by atoms with van der Waals surface area (Å²) in [7, 11) is 0. The van der Waals surface area contributed by atoms with Gasteiger partial charge in [-0.2, -0.15) is 26.3 Å². The molecule has 3 saturated heterocycles. The van der Waals surface area contributed by atoms with Crippen molar-refractivity contribution >= 4 is 22.7 Å². The molecule has 3 aromatic carbocycles. The lowest BCUT2D eigenvalue weighted by Crippen LogP contribution is -2.46. The van der Waals surface area contributed by atoms with Crippen molar-refractivity contribution in [2.45, 2.75) is 63.1 Å². The predicted molar refractivity (Wildman–Crippen MR) is 195 cm³/mol. The van der Waals surface area contributed by atoms with Crippen molar-refractivity contribution in [2.75, 3.05) is 52.5 Å². The van der Waals surface area contributed by atoms with Crippen LogP contribution in [0, 0.1) is 0 Å². The Kier molecular flexibility index (Phi) is 11.5. The molecular formula is C41H43F6N5O3. The van der Waals surface area contributed by atoms with Crippen LogP contribution in [0.3, 0.4) is 0 Å². The summed E-state index contributed by atoms with van der Waals surface area (Å²) in [6.07, 6.45) is -4.45. The highest BCUT2D eigenvalue weighted by molar-refractivity contribution is 6.11. The number of likely N-dealkylation sites (tertiary alicyclic amines) is 2. The number of aromatic nitrogens is 1. The van der Waals surface area contributed by atoms with Gasteiger partial charge in [0.05, 0.1) is 35.6 Å². The van der Waals surface area contributed by atoms with Crippen LogP contribution < -0.4 is 5.32 Å². The maximum Gasteiger partial charge on any atom is 0.416 e. The van der Waals surface area contributed by atoms with Crippen molar-refractivity contribution in [3.05, 3.63) is 101 Å². The van der Waals surface area contributed by atoms with E-state index >= 15 is 0 Å². The maximum atomic E-state index is 14.7. The van der Waals surface area contributed by atoms with Crippen LogP contribution in [0.2, 0.25) is 0 Å². The fraction of sp³-hybridized carbons (Fsp3) is 0.439. The molecule has 0 saturated carbocycles. The minimum Gasteiger partial charge on any atom is -0.378 e. The molecule has 0 radical (unpaired) electrons. The molecule has 1 aromatic heterocycles. The molecule has 4 aromatic rings. The molecule has 3 fully saturated rings. The Bertz CT molecular complexity index is 1990. The van der Waals surface area contributed by atoms with E-state index in [9.17, 15) is 35.9 Å². The average Bonchev–Trinajstić information content (AvgIpc) is 3.19. The van der Waals surface area contributed by atoms with Gasteiger partial charge in [-0.05, 0) is 87.8 Å². The minimum absolute atomic E-state index is 0.0354. The number of benzene rings is 3. The van der Waals surface area contributed by atoms with E-state index in [0.717, 1.165) is 50.9 Å². The van der Waals surface area contributed by atoms with Gasteiger partial charge in [-0.25, -0.2) is 4.98 Å². The Balaban J connectivity index is 1.38. The van der Waals surface area contributed by atoms with E-state index in [1.165, 1.54) is 61.0 Å². The Hall–Kier alpha value is -4.53. The maximum absolute atomic E-state index is 14.7. The number of piperidine rings is 2. The summed E-state index contributed by atoms with van der Waals surface area (Å²) in [5.41, 5.74) is -0.649. The lowest BCUT2D eigenvalue weighted by Gasteiger charge is -2.40. The van der Waals surface area contributed by atoms with Gasteiger partial charge in [0.15, 0.2) is 6.04 Å². The van der Waals surface area contributed by atoms with Crippen molar-refractivity contribution in [2.24, 2.45) is 0 Å². The molecule has 1 atom stereocenters.